The summed E-state index contributed by atoms with van der Waals surface area (Å²) in [5.74, 6) is 0.742. The van der Waals surface area contributed by atoms with Crippen molar-refractivity contribution in [3.8, 4) is 5.75 Å². The molecule has 17 heavy (non-hydrogen) atoms. The van der Waals surface area contributed by atoms with Gasteiger partial charge in [0.15, 0.2) is 0 Å². The van der Waals surface area contributed by atoms with Crippen molar-refractivity contribution in [1.82, 2.24) is 5.32 Å². The quantitative estimate of drug-likeness (QED) is 0.816. The smallest absolute Gasteiger partial charge is 0.321 e. The van der Waals surface area contributed by atoms with Crippen molar-refractivity contribution in [3.63, 3.8) is 0 Å². The minimum Gasteiger partial charge on any atom is -0.492 e. The van der Waals surface area contributed by atoms with Crippen LogP contribution in [0.4, 0.5) is 10.5 Å². The van der Waals surface area contributed by atoms with Gasteiger partial charge in [-0.15, -0.1) is 0 Å². The number of nitrogens with two attached hydrogens (primary N) is 1. The van der Waals surface area contributed by atoms with Gasteiger partial charge in [0.2, 0.25) is 0 Å². The second-order valence-electron chi connectivity index (χ2n) is 3.87. The molecule has 0 aromatic heterocycles. The Kier molecular flexibility index (Phi) is 3.82. The molecule has 1 aromatic carbocycles. The number of nitrogens with zero attached hydrogens (tertiary/aromatic N) is 1. The molecule has 0 saturated carbocycles. The number of urea groups is 1. The van der Waals surface area contributed by atoms with Crippen LogP contribution >= 0.6 is 0 Å². The molecule has 1 heterocycles. The Hall–Kier alpha value is -1.75. The molecule has 1 aliphatic heterocycles. The Balaban J connectivity index is 2.11. The summed E-state index contributed by atoms with van der Waals surface area (Å²) < 4.78 is 5.44. The summed E-state index contributed by atoms with van der Waals surface area (Å²) in [5.41, 5.74) is 6.24. The zero-order valence-electron chi connectivity index (χ0n) is 9.69. The van der Waals surface area contributed by atoms with Crippen LogP contribution < -0.4 is 20.7 Å². The molecule has 0 spiro atoms. The maximum Gasteiger partial charge on any atom is 0.321 e. The molecule has 0 radical (unpaired) electrons. The standard InChI is InChI=1S/C12H17N3O2/c13-5-8-17-11-4-1-3-10(9-11)15-7-2-6-14-12(15)16/h1,3-4,9H,2,5-8,13H2,(H,14,16). The number of carbonyl (C=O) groups is 1. The van der Waals surface area contributed by atoms with E-state index < -0.39 is 0 Å². The first-order valence-electron chi connectivity index (χ1n) is 5.79. The van der Waals surface area contributed by atoms with Crippen molar-refractivity contribution in [2.45, 2.75) is 6.42 Å². The highest BCUT2D eigenvalue weighted by Gasteiger charge is 2.19. The molecular weight excluding hydrogens is 218 g/mol. The Morgan fingerprint density at radius 1 is 1.47 bits per heavy atom. The van der Waals surface area contributed by atoms with Crippen LogP contribution in [-0.2, 0) is 0 Å². The van der Waals surface area contributed by atoms with Crippen LogP contribution in [0.1, 0.15) is 6.42 Å². The zero-order chi connectivity index (χ0) is 12.1. The molecule has 5 nitrogen and oxygen atoms in total. The fraction of sp³-hybridized carbons (Fsp3) is 0.417. The number of carbonyl (C=O) groups excluding carboxylic acids is 1. The predicted octanol–water partition coefficient (Wildman–Crippen LogP) is 0.944. The van der Waals surface area contributed by atoms with Gasteiger partial charge >= 0.3 is 6.03 Å². The van der Waals surface area contributed by atoms with Crippen molar-refractivity contribution in [1.29, 1.82) is 0 Å². The lowest BCUT2D eigenvalue weighted by atomic mass is 10.2. The van der Waals surface area contributed by atoms with E-state index in [1.54, 1.807) is 4.90 Å². The number of benzene rings is 1. The van der Waals surface area contributed by atoms with E-state index in [0.29, 0.717) is 13.2 Å². The molecule has 92 valence electrons. The molecule has 0 unspecified atom stereocenters. The number of ether oxygens (including phenoxy) is 1. The third kappa shape index (κ3) is 2.88. The van der Waals surface area contributed by atoms with Crippen LogP contribution in [0.25, 0.3) is 0 Å². The van der Waals surface area contributed by atoms with E-state index in [1.807, 2.05) is 24.3 Å². The van der Waals surface area contributed by atoms with Crippen molar-refractivity contribution >= 4 is 11.7 Å². The van der Waals surface area contributed by atoms with Crippen LogP contribution in [0.15, 0.2) is 24.3 Å². The van der Waals surface area contributed by atoms with Crippen LogP contribution in [0, 0.1) is 0 Å². The lowest BCUT2D eigenvalue weighted by molar-refractivity contribution is 0.243. The summed E-state index contributed by atoms with van der Waals surface area (Å²) >= 11 is 0. The zero-order valence-corrected chi connectivity index (χ0v) is 9.69. The molecule has 2 rings (SSSR count). The van der Waals surface area contributed by atoms with E-state index in [1.165, 1.54) is 0 Å². The molecule has 0 atom stereocenters. The molecule has 3 N–H and O–H groups in total. The van der Waals surface area contributed by atoms with E-state index >= 15 is 0 Å². The Morgan fingerprint density at radius 2 is 2.35 bits per heavy atom. The first kappa shape index (κ1) is 11.7. The van der Waals surface area contributed by atoms with Crippen LogP contribution in [0.3, 0.4) is 0 Å². The number of hydrogen-bond acceptors (Lipinski definition) is 3. The number of rotatable bonds is 4. The van der Waals surface area contributed by atoms with Gasteiger partial charge in [0, 0.05) is 31.4 Å². The summed E-state index contributed by atoms with van der Waals surface area (Å²) in [6.07, 6.45) is 0.958. The van der Waals surface area contributed by atoms with Gasteiger partial charge in [0.1, 0.15) is 12.4 Å². The summed E-state index contributed by atoms with van der Waals surface area (Å²) in [4.78, 5) is 13.4. The maximum atomic E-state index is 11.7. The molecular formula is C12H17N3O2. The van der Waals surface area contributed by atoms with E-state index in [0.717, 1.165) is 30.9 Å². The third-order valence-electron chi connectivity index (χ3n) is 2.60. The number of anilines is 1. The highest BCUT2D eigenvalue weighted by Crippen LogP contribution is 2.22. The summed E-state index contributed by atoms with van der Waals surface area (Å²) in [6, 6.07) is 7.46. The van der Waals surface area contributed by atoms with Gasteiger partial charge in [0.05, 0.1) is 0 Å². The van der Waals surface area contributed by atoms with Crippen molar-refractivity contribution in [2.75, 3.05) is 31.1 Å². The Labute approximate surface area is 101 Å². The van der Waals surface area contributed by atoms with Crippen molar-refractivity contribution < 1.29 is 9.53 Å². The second kappa shape index (κ2) is 5.54. The van der Waals surface area contributed by atoms with Gasteiger partial charge in [-0.3, -0.25) is 4.90 Å². The van der Waals surface area contributed by atoms with Crippen LogP contribution in [0.2, 0.25) is 0 Å². The van der Waals surface area contributed by atoms with Gasteiger partial charge in [-0.05, 0) is 18.6 Å². The normalized spacial score (nSPS) is 15.6. The summed E-state index contributed by atoms with van der Waals surface area (Å²) in [7, 11) is 0. The van der Waals surface area contributed by atoms with Gasteiger partial charge in [-0.1, -0.05) is 6.07 Å². The highest BCUT2D eigenvalue weighted by atomic mass is 16.5. The van der Waals surface area contributed by atoms with Crippen molar-refractivity contribution in [3.05, 3.63) is 24.3 Å². The summed E-state index contributed by atoms with van der Waals surface area (Å²) in [6.45, 7) is 2.45. The molecule has 0 bridgehead atoms. The van der Waals surface area contributed by atoms with Gasteiger partial charge < -0.3 is 15.8 Å². The average Bonchev–Trinajstić information content (AvgIpc) is 2.37. The third-order valence-corrected chi connectivity index (χ3v) is 2.60. The SMILES string of the molecule is NCCOc1cccc(N2CCCNC2=O)c1. The van der Waals surface area contributed by atoms with E-state index in [-0.39, 0.29) is 6.03 Å². The molecule has 0 aliphatic carbocycles. The fourth-order valence-corrected chi connectivity index (χ4v) is 1.79. The maximum absolute atomic E-state index is 11.7. The molecule has 1 fully saturated rings. The lowest BCUT2D eigenvalue weighted by Gasteiger charge is -2.27. The fourth-order valence-electron chi connectivity index (χ4n) is 1.79. The molecule has 1 aliphatic rings. The van der Waals surface area contributed by atoms with E-state index in [4.69, 9.17) is 10.5 Å². The first-order valence-corrected chi connectivity index (χ1v) is 5.79. The van der Waals surface area contributed by atoms with Gasteiger partial charge in [-0.25, -0.2) is 4.79 Å². The number of amides is 2. The minimum absolute atomic E-state index is 0.0489. The van der Waals surface area contributed by atoms with Crippen molar-refractivity contribution in [2.24, 2.45) is 5.73 Å². The van der Waals surface area contributed by atoms with E-state index in [9.17, 15) is 4.79 Å². The number of nitrogens with one attached hydrogen (secondary N) is 1. The van der Waals surface area contributed by atoms with Gasteiger partial charge in [-0.2, -0.15) is 0 Å². The average molecular weight is 235 g/mol. The number of hydrogen-bond donors (Lipinski definition) is 2. The predicted molar refractivity (Wildman–Crippen MR) is 66.4 cm³/mol. The van der Waals surface area contributed by atoms with Gasteiger partial charge in [0.25, 0.3) is 0 Å². The highest BCUT2D eigenvalue weighted by molar-refractivity contribution is 5.92. The molecule has 2 amide bonds. The Morgan fingerprint density at radius 3 is 3.12 bits per heavy atom. The van der Waals surface area contributed by atoms with Crippen LogP contribution in [-0.4, -0.2) is 32.3 Å². The minimum atomic E-state index is -0.0489. The molecule has 1 aromatic rings. The Bertz CT molecular complexity index is 395. The topological polar surface area (TPSA) is 67.6 Å². The summed E-state index contributed by atoms with van der Waals surface area (Å²) in [5, 5.41) is 2.82. The molecule has 5 heteroatoms. The monoisotopic (exact) mass is 235 g/mol. The first-order chi connectivity index (χ1) is 8.31. The lowest BCUT2D eigenvalue weighted by Crippen LogP contribution is -2.46. The van der Waals surface area contributed by atoms with E-state index in [2.05, 4.69) is 5.32 Å². The second-order valence-corrected chi connectivity index (χ2v) is 3.87. The molecule has 1 saturated heterocycles. The van der Waals surface area contributed by atoms with Crippen LogP contribution in [0.5, 0.6) is 5.75 Å². The largest absolute Gasteiger partial charge is 0.492 e.